The molecule has 0 aliphatic rings. The van der Waals surface area contributed by atoms with Crippen molar-refractivity contribution in [3.63, 3.8) is 0 Å². The molecule has 2 N–H and O–H groups in total. The van der Waals surface area contributed by atoms with Gasteiger partial charge in [-0.05, 0) is 42.0 Å². The highest BCUT2D eigenvalue weighted by molar-refractivity contribution is 6.04. The third-order valence-corrected chi connectivity index (χ3v) is 6.50. The molecule has 0 radical (unpaired) electrons. The molecule has 0 fully saturated rings. The molecule has 10 heteroatoms. The quantitative estimate of drug-likeness (QED) is 0.180. The van der Waals surface area contributed by atoms with E-state index in [2.05, 4.69) is 0 Å². The summed E-state index contributed by atoms with van der Waals surface area (Å²) in [5, 5.41) is 20.8. The summed E-state index contributed by atoms with van der Waals surface area (Å²) in [5.74, 6) is -5.15. The average molecular weight is 549 g/mol. The fraction of sp³-hybridized carbons (Fsp3) is 0.233. The van der Waals surface area contributed by atoms with Crippen molar-refractivity contribution in [2.45, 2.75) is 25.7 Å². The van der Waals surface area contributed by atoms with Gasteiger partial charge in [0.25, 0.3) is 0 Å². The first-order valence-electron chi connectivity index (χ1n) is 12.2. The first-order chi connectivity index (χ1) is 19.0. The van der Waals surface area contributed by atoms with Crippen LogP contribution < -0.4 is 4.74 Å². The molecule has 0 bridgehead atoms. The van der Waals surface area contributed by atoms with E-state index in [-0.39, 0.29) is 11.1 Å². The molecule has 1 atom stereocenters. The fourth-order valence-corrected chi connectivity index (χ4v) is 4.42. The minimum Gasteiger partial charge on any atom is -0.480 e. The van der Waals surface area contributed by atoms with Gasteiger partial charge in [0.2, 0.25) is 5.41 Å². The molecule has 40 heavy (non-hydrogen) atoms. The second-order valence-electron chi connectivity index (χ2n) is 9.06. The summed E-state index contributed by atoms with van der Waals surface area (Å²) in [5.41, 5.74) is -4.89. The van der Waals surface area contributed by atoms with Gasteiger partial charge in [0.1, 0.15) is 24.7 Å². The minimum atomic E-state index is -2.92. The molecule has 0 saturated carbocycles. The number of ether oxygens (including phenoxy) is 3. The lowest BCUT2D eigenvalue weighted by atomic mass is 9.57. The Kier molecular flexibility index (Phi) is 9.39. The number of para-hydroxylation sites is 1. The van der Waals surface area contributed by atoms with Gasteiger partial charge in [0.05, 0.1) is 5.41 Å². The summed E-state index contributed by atoms with van der Waals surface area (Å²) in [6.07, 6.45) is -0.719. The molecular weight excluding hydrogens is 520 g/mol. The van der Waals surface area contributed by atoms with Crippen LogP contribution in [0.15, 0.2) is 84.9 Å². The van der Waals surface area contributed by atoms with E-state index in [1.54, 1.807) is 30.3 Å². The van der Waals surface area contributed by atoms with Crippen LogP contribution in [0, 0.1) is 5.41 Å². The summed E-state index contributed by atoms with van der Waals surface area (Å²) in [4.78, 5) is 63.0. The number of Topliss-reactive ketones (excluding diaryl/α,β-unsaturated/α-hetero) is 1. The highest BCUT2D eigenvalue weighted by atomic mass is 16.5. The molecule has 0 saturated heterocycles. The smallest absolute Gasteiger partial charge is 0.325 e. The van der Waals surface area contributed by atoms with Gasteiger partial charge in [-0.2, -0.15) is 0 Å². The van der Waals surface area contributed by atoms with Gasteiger partial charge < -0.3 is 24.4 Å². The summed E-state index contributed by atoms with van der Waals surface area (Å²) < 4.78 is 15.9. The maximum absolute atomic E-state index is 13.7. The van der Waals surface area contributed by atoms with E-state index in [1.807, 2.05) is 6.07 Å². The third-order valence-electron chi connectivity index (χ3n) is 6.50. The molecule has 0 aliphatic carbocycles. The number of carboxylic acid groups (broad SMARTS) is 2. The number of esters is 2. The number of carboxylic acids is 2. The fourth-order valence-electron chi connectivity index (χ4n) is 4.42. The van der Waals surface area contributed by atoms with E-state index in [1.165, 1.54) is 48.5 Å². The van der Waals surface area contributed by atoms with E-state index in [0.29, 0.717) is 11.5 Å². The minimum absolute atomic E-state index is 0.0885. The lowest BCUT2D eigenvalue weighted by Crippen LogP contribution is -2.62. The number of carbonyl (C=O) groups is 5. The first kappa shape index (κ1) is 29.6. The van der Waals surface area contributed by atoms with E-state index in [0.717, 1.165) is 13.8 Å². The number of carbonyl (C=O) groups excluding carboxylic acids is 3. The molecular formula is C30H28O10. The first-order valence-corrected chi connectivity index (χ1v) is 12.2. The SMILES string of the molecule is CC(=O)OCC(C(=O)O)(C(=O)O)C(COC(C)=O)(CC(=O)c1ccc(Oc2ccccc2)cc1)c1ccccc1. The lowest BCUT2D eigenvalue weighted by molar-refractivity contribution is -0.183. The Morgan fingerprint density at radius 3 is 1.62 bits per heavy atom. The van der Waals surface area contributed by atoms with Gasteiger partial charge in [0, 0.05) is 25.8 Å². The number of ketones is 1. The van der Waals surface area contributed by atoms with E-state index in [9.17, 15) is 34.2 Å². The van der Waals surface area contributed by atoms with Crippen molar-refractivity contribution in [1.29, 1.82) is 0 Å². The van der Waals surface area contributed by atoms with Crippen LogP contribution in [-0.2, 0) is 34.1 Å². The monoisotopic (exact) mass is 548 g/mol. The predicted octanol–water partition coefficient (Wildman–Crippen LogP) is 4.27. The van der Waals surface area contributed by atoms with Crippen LogP contribution in [0.4, 0.5) is 0 Å². The van der Waals surface area contributed by atoms with E-state index >= 15 is 0 Å². The van der Waals surface area contributed by atoms with Gasteiger partial charge in [0.15, 0.2) is 5.78 Å². The zero-order valence-corrected chi connectivity index (χ0v) is 21.9. The van der Waals surface area contributed by atoms with Crippen molar-refractivity contribution in [2.75, 3.05) is 13.2 Å². The molecule has 0 aromatic heterocycles. The third kappa shape index (κ3) is 6.35. The van der Waals surface area contributed by atoms with Crippen LogP contribution in [-0.4, -0.2) is 53.1 Å². The average Bonchev–Trinajstić information content (AvgIpc) is 2.92. The Bertz CT molecular complexity index is 1350. The van der Waals surface area contributed by atoms with Crippen molar-refractivity contribution in [1.82, 2.24) is 0 Å². The van der Waals surface area contributed by atoms with Crippen molar-refractivity contribution >= 4 is 29.7 Å². The molecule has 0 amide bonds. The topological polar surface area (TPSA) is 154 Å². The highest BCUT2D eigenvalue weighted by Crippen LogP contribution is 2.47. The number of hydrogen-bond acceptors (Lipinski definition) is 8. The van der Waals surface area contributed by atoms with Crippen LogP contribution in [0.2, 0.25) is 0 Å². The van der Waals surface area contributed by atoms with Crippen LogP contribution >= 0.6 is 0 Å². The number of aliphatic carboxylic acids is 2. The second kappa shape index (κ2) is 12.7. The zero-order chi connectivity index (χ0) is 29.3. The van der Waals surface area contributed by atoms with Crippen molar-refractivity contribution in [3.05, 3.63) is 96.1 Å². The Labute approximate surface area is 230 Å². The number of rotatable bonds is 13. The maximum Gasteiger partial charge on any atom is 0.325 e. The second-order valence-corrected chi connectivity index (χ2v) is 9.06. The van der Waals surface area contributed by atoms with Gasteiger partial charge >= 0.3 is 23.9 Å². The lowest BCUT2D eigenvalue weighted by Gasteiger charge is -2.44. The summed E-state index contributed by atoms with van der Waals surface area (Å²) in [7, 11) is 0. The molecule has 10 nitrogen and oxygen atoms in total. The van der Waals surface area contributed by atoms with Crippen molar-refractivity contribution < 1.29 is 48.4 Å². The van der Waals surface area contributed by atoms with E-state index < -0.39 is 60.1 Å². The number of benzene rings is 3. The molecule has 1 unspecified atom stereocenters. The molecule has 0 aliphatic heterocycles. The van der Waals surface area contributed by atoms with Gasteiger partial charge in [-0.3, -0.25) is 24.0 Å². The van der Waals surface area contributed by atoms with Gasteiger partial charge in [-0.25, -0.2) is 0 Å². The molecule has 3 aromatic carbocycles. The van der Waals surface area contributed by atoms with Crippen LogP contribution in [0.25, 0.3) is 0 Å². The standard InChI is InChI=1S/C30H28O10/c1-20(31)38-18-29(23-9-5-3-6-10-23,30(27(34)35,28(36)37)19-39-21(2)32)17-26(33)22-13-15-25(16-14-22)40-24-11-7-4-8-12-24/h3-16H,17-19H2,1-2H3,(H,34,35)(H,36,37). The van der Waals surface area contributed by atoms with Gasteiger partial charge in [-0.1, -0.05) is 48.5 Å². The van der Waals surface area contributed by atoms with Crippen molar-refractivity contribution in [2.24, 2.45) is 5.41 Å². The maximum atomic E-state index is 13.7. The molecule has 3 aromatic rings. The predicted molar refractivity (Wildman–Crippen MR) is 141 cm³/mol. The largest absolute Gasteiger partial charge is 0.480 e. The molecule has 208 valence electrons. The summed E-state index contributed by atoms with van der Waals surface area (Å²) in [6.45, 7) is 0.140. The van der Waals surface area contributed by atoms with Crippen LogP contribution in [0.3, 0.4) is 0 Å². The Hall–Kier alpha value is -4.99. The van der Waals surface area contributed by atoms with Crippen LogP contribution in [0.5, 0.6) is 11.5 Å². The Morgan fingerprint density at radius 2 is 1.12 bits per heavy atom. The highest BCUT2D eigenvalue weighted by Gasteiger charge is 2.65. The Morgan fingerprint density at radius 1 is 0.650 bits per heavy atom. The summed E-state index contributed by atoms with van der Waals surface area (Å²) in [6, 6.07) is 22.5. The summed E-state index contributed by atoms with van der Waals surface area (Å²) >= 11 is 0. The molecule has 3 rings (SSSR count). The number of hydrogen-bond donors (Lipinski definition) is 2. The normalized spacial score (nSPS) is 12.4. The molecule has 0 spiro atoms. The van der Waals surface area contributed by atoms with Crippen molar-refractivity contribution in [3.8, 4) is 11.5 Å². The van der Waals surface area contributed by atoms with Crippen LogP contribution in [0.1, 0.15) is 36.2 Å². The zero-order valence-electron chi connectivity index (χ0n) is 21.9. The molecule has 0 heterocycles. The van der Waals surface area contributed by atoms with Gasteiger partial charge in [-0.15, -0.1) is 0 Å². The Balaban J connectivity index is 2.14. The van der Waals surface area contributed by atoms with E-state index in [4.69, 9.17) is 14.2 Å².